The Labute approximate surface area is 182 Å². The maximum absolute atomic E-state index is 11.2. The summed E-state index contributed by atoms with van der Waals surface area (Å²) >= 11 is 0. The van der Waals surface area contributed by atoms with E-state index in [9.17, 15) is 14.7 Å². The van der Waals surface area contributed by atoms with Crippen LogP contribution < -0.4 is 11.1 Å². The molecule has 178 valence electrons. The van der Waals surface area contributed by atoms with Crippen molar-refractivity contribution in [3.8, 4) is 0 Å². The van der Waals surface area contributed by atoms with Crippen LogP contribution in [-0.2, 0) is 33.2 Å². The Bertz CT molecular complexity index is 610. The molecule has 0 aromatic rings. The predicted octanol–water partition coefficient (Wildman–Crippen LogP) is -0.483. The second-order valence-electron chi connectivity index (χ2n) is 6.87. The molecule has 0 fully saturated rings. The van der Waals surface area contributed by atoms with Crippen molar-refractivity contribution in [2.45, 2.75) is 55.6 Å². The SMILES string of the molecule is COC(=O)N[C@@H]1C=C[C@H](OC(C)=O)[C@@H](OC)[C@H]1OC.CO[C@@H]1[C@H](OC)[C@@H](O)C=C[C@H]1N. The molecule has 0 bridgehead atoms. The summed E-state index contributed by atoms with van der Waals surface area (Å²) in [6.07, 6.45) is 3.33. The Kier molecular flexibility index (Phi) is 11.7. The van der Waals surface area contributed by atoms with Crippen molar-refractivity contribution in [2.24, 2.45) is 5.73 Å². The van der Waals surface area contributed by atoms with Crippen molar-refractivity contribution in [1.29, 1.82) is 0 Å². The molecule has 0 saturated heterocycles. The third-order valence-electron chi connectivity index (χ3n) is 4.94. The van der Waals surface area contributed by atoms with E-state index in [1.165, 1.54) is 35.4 Å². The molecule has 0 unspecified atom stereocenters. The van der Waals surface area contributed by atoms with Gasteiger partial charge in [-0.25, -0.2) is 4.79 Å². The summed E-state index contributed by atoms with van der Waals surface area (Å²) in [6, 6.07) is -0.627. The lowest BCUT2D eigenvalue weighted by Gasteiger charge is -2.37. The van der Waals surface area contributed by atoms with Crippen LogP contribution in [0, 0.1) is 0 Å². The van der Waals surface area contributed by atoms with Crippen LogP contribution in [0.2, 0.25) is 0 Å². The van der Waals surface area contributed by atoms with E-state index >= 15 is 0 Å². The first-order chi connectivity index (χ1) is 14.7. The summed E-state index contributed by atoms with van der Waals surface area (Å²) in [6.45, 7) is 1.32. The zero-order valence-corrected chi connectivity index (χ0v) is 18.7. The third-order valence-corrected chi connectivity index (χ3v) is 4.94. The lowest BCUT2D eigenvalue weighted by Crippen LogP contribution is -2.55. The number of aliphatic hydroxyl groups is 1. The molecule has 4 N–H and O–H groups in total. The number of alkyl carbamates (subject to hydrolysis) is 1. The summed E-state index contributed by atoms with van der Waals surface area (Å²) in [5, 5.41) is 12.1. The van der Waals surface area contributed by atoms with Crippen LogP contribution >= 0.6 is 0 Å². The maximum atomic E-state index is 11.2. The average Bonchev–Trinajstić information content (AvgIpc) is 2.75. The topological polar surface area (TPSA) is 148 Å². The van der Waals surface area contributed by atoms with Gasteiger partial charge in [0.25, 0.3) is 0 Å². The molecule has 31 heavy (non-hydrogen) atoms. The number of rotatable bonds is 6. The summed E-state index contributed by atoms with van der Waals surface area (Å²) in [7, 11) is 7.35. The van der Waals surface area contributed by atoms with Crippen LogP contribution in [0.3, 0.4) is 0 Å². The van der Waals surface area contributed by atoms with Crippen molar-refractivity contribution >= 4 is 12.1 Å². The van der Waals surface area contributed by atoms with Crippen LogP contribution in [-0.4, -0.2) is 101 Å². The van der Waals surface area contributed by atoms with Gasteiger partial charge in [-0.15, -0.1) is 0 Å². The molecule has 0 saturated carbocycles. The molecule has 11 heteroatoms. The highest BCUT2D eigenvalue weighted by atomic mass is 16.6. The molecule has 2 rings (SSSR count). The van der Waals surface area contributed by atoms with Gasteiger partial charge in [0, 0.05) is 35.4 Å². The highest BCUT2D eigenvalue weighted by Gasteiger charge is 2.39. The minimum atomic E-state index is -0.625. The number of nitrogens with one attached hydrogen (secondary N) is 1. The van der Waals surface area contributed by atoms with Gasteiger partial charge < -0.3 is 44.6 Å². The number of carbonyl (C=O) groups excluding carboxylic acids is 2. The van der Waals surface area contributed by atoms with Crippen molar-refractivity contribution in [1.82, 2.24) is 5.32 Å². The van der Waals surface area contributed by atoms with Gasteiger partial charge in [-0.3, -0.25) is 4.79 Å². The zero-order valence-electron chi connectivity index (χ0n) is 18.7. The normalized spacial score (nSPS) is 34.3. The van der Waals surface area contributed by atoms with Gasteiger partial charge in [0.05, 0.1) is 19.2 Å². The number of carbonyl (C=O) groups is 2. The van der Waals surface area contributed by atoms with Crippen molar-refractivity contribution in [2.75, 3.05) is 35.5 Å². The number of amides is 1. The molecule has 0 heterocycles. The number of nitrogens with two attached hydrogens (primary N) is 1. The van der Waals surface area contributed by atoms with Crippen LogP contribution in [0.1, 0.15) is 6.92 Å². The first kappa shape index (κ1) is 27.0. The quantitative estimate of drug-likeness (QED) is 0.361. The number of hydrogen-bond donors (Lipinski definition) is 3. The van der Waals surface area contributed by atoms with Crippen molar-refractivity contribution in [3.63, 3.8) is 0 Å². The molecule has 2 aliphatic rings. The summed E-state index contributed by atoms with van der Waals surface area (Å²) < 4.78 is 30.5. The number of methoxy groups -OCH3 is 5. The summed E-state index contributed by atoms with van der Waals surface area (Å²) in [4.78, 5) is 22.3. The number of hydrogen-bond acceptors (Lipinski definition) is 10. The van der Waals surface area contributed by atoms with E-state index < -0.39 is 42.5 Å². The highest BCUT2D eigenvalue weighted by Crippen LogP contribution is 2.22. The Balaban J connectivity index is 0.000000343. The number of aliphatic hydroxyl groups excluding tert-OH is 1. The van der Waals surface area contributed by atoms with E-state index in [1.807, 2.05) is 0 Å². The lowest BCUT2D eigenvalue weighted by atomic mass is 9.93. The van der Waals surface area contributed by atoms with E-state index in [0.29, 0.717) is 0 Å². The van der Waals surface area contributed by atoms with E-state index in [1.54, 1.807) is 31.4 Å². The largest absolute Gasteiger partial charge is 0.455 e. The molecular weight excluding hydrogens is 412 g/mol. The van der Waals surface area contributed by atoms with Crippen LogP contribution in [0.4, 0.5) is 4.79 Å². The van der Waals surface area contributed by atoms with Crippen molar-refractivity contribution in [3.05, 3.63) is 24.3 Å². The van der Waals surface area contributed by atoms with Gasteiger partial charge in [0.2, 0.25) is 0 Å². The van der Waals surface area contributed by atoms with Crippen LogP contribution in [0.25, 0.3) is 0 Å². The zero-order chi connectivity index (χ0) is 23.6. The Morgan fingerprint density at radius 2 is 1.42 bits per heavy atom. The standard InChI is InChI=1S/C12H19NO6.C8H15NO3/c1-7(14)19-9-6-5-8(13-12(15)18-4)10(16-2)11(9)17-3;1-11-7-5(9)3-4-6(10)8(7)12-2/h5-6,8-11H,1-4H3,(H,13,15);3-8,10H,9H2,1-2H3/t8-,9+,10+,11-;5-,6+,7+,8-/m11/s1. The molecule has 0 radical (unpaired) electrons. The average molecular weight is 446 g/mol. The van der Waals surface area contributed by atoms with E-state index in [2.05, 4.69) is 10.1 Å². The summed E-state index contributed by atoms with van der Waals surface area (Å²) in [5.74, 6) is -0.411. The molecule has 1 amide bonds. The van der Waals surface area contributed by atoms with Crippen LogP contribution in [0.15, 0.2) is 24.3 Å². The second-order valence-corrected chi connectivity index (χ2v) is 6.87. The van der Waals surface area contributed by atoms with E-state index in [4.69, 9.17) is 29.4 Å². The number of esters is 1. The molecule has 8 atom stereocenters. The van der Waals surface area contributed by atoms with Crippen LogP contribution in [0.5, 0.6) is 0 Å². The van der Waals surface area contributed by atoms with Gasteiger partial charge in [-0.2, -0.15) is 0 Å². The van der Waals surface area contributed by atoms with Gasteiger partial charge in [0.15, 0.2) is 0 Å². The van der Waals surface area contributed by atoms with Gasteiger partial charge in [0.1, 0.15) is 36.6 Å². The van der Waals surface area contributed by atoms with Gasteiger partial charge in [-0.05, 0) is 6.08 Å². The van der Waals surface area contributed by atoms with Gasteiger partial charge in [-0.1, -0.05) is 18.2 Å². The predicted molar refractivity (Wildman–Crippen MR) is 110 cm³/mol. The van der Waals surface area contributed by atoms with E-state index in [-0.39, 0.29) is 18.2 Å². The molecule has 11 nitrogen and oxygen atoms in total. The molecule has 0 spiro atoms. The summed E-state index contributed by atoms with van der Waals surface area (Å²) in [5.41, 5.74) is 5.71. The fourth-order valence-electron chi connectivity index (χ4n) is 3.45. The molecule has 0 aromatic carbocycles. The lowest BCUT2D eigenvalue weighted by molar-refractivity contribution is -0.158. The Hall–Kier alpha value is -2.02. The number of ether oxygens (including phenoxy) is 6. The molecule has 0 aromatic heterocycles. The highest BCUT2D eigenvalue weighted by molar-refractivity contribution is 5.68. The fourth-order valence-corrected chi connectivity index (χ4v) is 3.45. The molecule has 0 aliphatic heterocycles. The smallest absolute Gasteiger partial charge is 0.407 e. The minimum Gasteiger partial charge on any atom is -0.455 e. The van der Waals surface area contributed by atoms with E-state index in [0.717, 1.165) is 0 Å². The Morgan fingerprint density at radius 3 is 1.87 bits per heavy atom. The third kappa shape index (κ3) is 7.56. The molecule has 2 aliphatic carbocycles. The molecular formula is C20H34N2O9. The first-order valence-corrected chi connectivity index (χ1v) is 9.67. The first-order valence-electron chi connectivity index (χ1n) is 9.67. The van der Waals surface area contributed by atoms with Gasteiger partial charge >= 0.3 is 12.1 Å². The second kappa shape index (κ2) is 13.4. The monoisotopic (exact) mass is 446 g/mol. The Morgan fingerprint density at radius 1 is 0.839 bits per heavy atom. The van der Waals surface area contributed by atoms with Crippen molar-refractivity contribution < 1.29 is 43.1 Å². The fraction of sp³-hybridized carbons (Fsp3) is 0.700. The maximum Gasteiger partial charge on any atom is 0.407 e. The minimum absolute atomic E-state index is 0.205.